The van der Waals surface area contributed by atoms with Gasteiger partial charge in [0, 0.05) is 30.4 Å². The maximum atomic E-state index is 12.7. The number of carbonyl (C=O) groups is 1. The highest BCUT2D eigenvalue weighted by Gasteiger charge is 2.31. The van der Waals surface area contributed by atoms with E-state index in [9.17, 15) is 4.79 Å². The molecule has 5 nitrogen and oxygen atoms in total. The maximum Gasteiger partial charge on any atom is 0.233 e. The first kappa shape index (κ1) is 18.0. The minimum atomic E-state index is 0.235. The number of amides is 1. The van der Waals surface area contributed by atoms with Gasteiger partial charge in [0.05, 0.1) is 5.75 Å². The molecule has 0 spiro atoms. The molecule has 2 aromatic heterocycles. The minimum absolute atomic E-state index is 0.235. The van der Waals surface area contributed by atoms with Crippen LogP contribution in [0.4, 0.5) is 0 Å². The summed E-state index contributed by atoms with van der Waals surface area (Å²) >= 11 is 3.31. The molecule has 26 heavy (non-hydrogen) atoms. The van der Waals surface area contributed by atoms with Crippen LogP contribution in [-0.2, 0) is 11.2 Å². The van der Waals surface area contributed by atoms with E-state index < -0.39 is 0 Å². The quantitative estimate of drug-likeness (QED) is 0.703. The molecule has 2 fully saturated rings. The van der Waals surface area contributed by atoms with Crippen molar-refractivity contribution in [2.45, 2.75) is 50.7 Å². The van der Waals surface area contributed by atoms with E-state index in [4.69, 9.17) is 0 Å². The van der Waals surface area contributed by atoms with E-state index in [2.05, 4.69) is 46.1 Å². The summed E-state index contributed by atoms with van der Waals surface area (Å²) in [5.41, 5.74) is 0. The van der Waals surface area contributed by atoms with Crippen LogP contribution in [0.5, 0.6) is 0 Å². The van der Waals surface area contributed by atoms with E-state index >= 15 is 0 Å². The summed E-state index contributed by atoms with van der Waals surface area (Å²) in [7, 11) is 0. The van der Waals surface area contributed by atoms with Crippen LogP contribution in [-0.4, -0.2) is 44.4 Å². The Kier molecular flexibility index (Phi) is 5.36. The number of nitrogens with zero attached hydrogens (tertiary/aromatic N) is 4. The number of piperidine rings is 1. The summed E-state index contributed by atoms with van der Waals surface area (Å²) in [4.78, 5) is 16.0. The zero-order chi connectivity index (χ0) is 18.1. The first-order chi connectivity index (χ1) is 12.6. The van der Waals surface area contributed by atoms with Crippen molar-refractivity contribution in [3.05, 3.63) is 28.2 Å². The lowest BCUT2D eigenvalue weighted by molar-refractivity contribution is -0.130. The fourth-order valence-electron chi connectivity index (χ4n) is 3.88. The fraction of sp³-hybridized carbons (Fsp3) is 0.632. The standard InChI is InChI=1S/C19H26N4OS2/c1-13-8-14(2)11-22(10-13)18(24)12-26-19-21-20-17(23(19)15-5-6-15)9-16-4-3-7-25-16/h3-4,7,13-15H,5-6,8-12H2,1-2H3/t13-,14-/m0/s1. The number of hydrogen-bond donors (Lipinski definition) is 0. The molecule has 2 aromatic rings. The van der Waals surface area contributed by atoms with Crippen molar-refractivity contribution < 1.29 is 4.79 Å². The van der Waals surface area contributed by atoms with Gasteiger partial charge in [0.1, 0.15) is 5.82 Å². The van der Waals surface area contributed by atoms with Crippen molar-refractivity contribution in [1.29, 1.82) is 0 Å². The second-order valence-corrected chi connectivity index (χ2v) is 9.76. The van der Waals surface area contributed by atoms with E-state index in [0.717, 1.165) is 30.5 Å². The summed E-state index contributed by atoms with van der Waals surface area (Å²) in [5, 5.41) is 11.9. The fourth-order valence-corrected chi connectivity index (χ4v) is 5.51. The Bertz CT molecular complexity index is 744. The molecule has 1 saturated carbocycles. The van der Waals surface area contributed by atoms with Crippen LogP contribution in [0.25, 0.3) is 0 Å². The molecule has 1 amide bonds. The summed E-state index contributed by atoms with van der Waals surface area (Å²) < 4.78 is 2.28. The van der Waals surface area contributed by atoms with Crippen LogP contribution in [0, 0.1) is 11.8 Å². The maximum absolute atomic E-state index is 12.7. The molecule has 3 heterocycles. The number of aromatic nitrogens is 3. The van der Waals surface area contributed by atoms with Crippen LogP contribution >= 0.6 is 23.1 Å². The van der Waals surface area contributed by atoms with Crippen LogP contribution < -0.4 is 0 Å². The number of thioether (sulfide) groups is 1. The van der Waals surface area contributed by atoms with E-state index in [1.807, 2.05) is 4.90 Å². The molecule has 140 valence electrons. The smallest absolute Gasteiger partial charge is 0.233 e. The normalized spacial score (nSPS) is 23.4. The van der Waals surface area contributed by atoms with Gasteiger partial charge in [-0.1, -0.05) is 31.7 Å². The van der Waals surface area contributed by atoms with Crippen LogP contribution in [0.3, 0.4) is 0 Å². The highest BCUT2D eigenvalue weighted by Crippen LogP contribution is 2.39. The van der Waals surface area contributed by atoms with Crippen molar-refractivity contribution in [2.75, 3.05) is 18.8 Å². The van der Waals surface area contributed by atoms with Gasteiger partial charge in [-0.15, -0.1) is 21.5 Å². The molecule has 1 aliphatic carbocycles. The van der Waals surface area contributed by atoms with Gasteiger partial charge >= 0.3 is 0 Å². The van der Waals surface area contributed by atoms with Gasteiger partial charge in [-0.3, -0.25) is 4.79 Å². The molecular weight excluding hydrogens is 364 g/mol. The highest BCUT2D eigenvalue weighted by molar-refractivity contribution is 7.99. The Morgan fingerprint density at radius 3 is 2.69 bits per heavy atom. The molecule has 0 bridgehead atoms. The van der Waals surface area contributed by atoms with Gasteiger partial charge < -0.3 is 9.47 Å². The number of thiophene rings is 1. The third-order valence-electron chi connectivity index (χ3n) is 5.11. The number of carbonyl (C=O) groups excluding carboxylic acids is 1. The van der Waals surface area contributed by atoms with Gasteiger partial charge in [0.2, 0.25) is 5.91 Å². The SMILES string of the molecule is C[C@H]1C[C@H](C)CN(C(=O)CSc2nnc(Cc3cccs3)n2C2CC2)C1. The predicted octanol–water partition coefficient (Wildman–Crippen LogP) is 3.86. The largest absolute Gasteiger partial charge is 0.341 e. The molecule has 0 aromatic carbocycles. The molecule has 1 aliphatic heterocycles. The summed E-state index contributed by atoms with van der Waals surface area (Å²) in [5.74, 6) is 2.92. The molecule has 1 saturated heterocycles. The third-order valence-corrected chi connectivity index (χ3v) is 6.91. The van der Waals surface area contributed by atoms with E-state index in [1.165, 1.54) is 24.1 Å². The molecule has 7 heteroatoms. The van der Waals surface area contributed by atoms with E-state index in [-0.39, 0.29) is 5.91 Å². The predicted molar refractivity (Wildman–Crippen MR) is 106 cm³/mol. The number of likely N-dealkylation sites (tertiary alicyclic amines) is 1. The summed E-state index contributed by atoms with van der Waals surface area (Å²) in [6.45, 7) is 6.26. The van der Waals surface area contributed by atoms with Crippen molar-refractivity contribution in [3.8, 4) is 0 Å². The van der Waals surface area contributed by atoms with Crippen molar-refractivity contribution in [2.24, 2.45) is 11.8 Å². The second kappa shape index (κ2) is 7.72. The summed E-state index contributed by atoms with van der Waals surface area (Å²) in [6.07, 6.45) is 4.44. The average Bonchev–Trinajstić information content (AvgIpc) is 3.15. The first-order valence-corrected chi connectivity index (χ1v) is 11.3. The van der Waals surface area contributed by atoms with Crippen LogP contribution in [0.15, 0.2) is 22.7 Å². The lowest BCUT2D eigenvalue weighted by atomic mass is 9.92. The van der Waals surface area contributed by atoms with Crippen LogP contribution in [0.1, 0.15) is 49.9 Å². The van der Waals surface area contributed by atoms with Gasteiger partial charge in [0.15, 0.2) is 5.16 Å². The Morgan fingerprint density at radius 2 is 2.04 bits per heavy atom. The monoisotopic (exact) mass is 390 g/mol. The zero-order valence-corrected chi connectivity index (χ0v) is 17.1. The average molecular weight is 391 g/mol. The van der Waals surface area contributed by atoms with Crippen molar-refractivity contribution in [1.82, 2.24) is 19.7 Å². The van der Waals surface area contributed by atoms with Gasteiger partial charge in [-0.05, 0) is 42.5 Å². The molecule has 0 N–H and O–H groups in total. The Balaban J connectivity index is 1.41. The zero-order valence-electron chi connectivity index (χ0n) is 15.4. The minimum Gasteiger partial charge on any atom is -0.341 e. The topological polar surface area (TPSA) is 51.0 Å². The van der Waals surface area contributed by atoms with Gasteiger partial charge in [0.25, 0.3) is 0 Å². The third kappa shape index (κ3) is 4.14. The summed E-state index contributed by atoms with van der Waals surface area (Å²) in [6, 6.07) is 4.74. The molecule has 0 unspecified atom stereocenters. The Labute approximate surface area is 163 Å². The lowest BCUT2D eigenvalue weighted by Crippen LogP contribution is -2.43. The van der Waals surface area contributed by atoms with Gasteiger partial charge in [-0.2, -0.15) is 0 Å². The second-order valence-electron chi connectivity index (χ2n) is 7.79. The van der Waals surface area contributed by atoms with E-state index in [0.29, 0.717) is 23.6 Å². The highest BCUT2D eigenvalue weighted by atomic mass is 32.2. The first-order valence-electron chi connectivity index (χ1n) is 9.47. The Hall–Kier alpha value is -1.34. The number of hydrogen-bond acceptors (Lipinski definition) is 5. The van der Waals surface area contributed by atoms with Crippen molar-refractivity contribution >= 4 is 29.0 Å². The molecule has 2 aliphatic rings. The molecular formula is C19H26N4OS2. The number of rotatable bonds is 6. The molecule has 4 rings (SSSR count). The molecule has 0 radical (unpaired) electrons. The Morgan fingerprint density at radius 1 is 1.27 bits per heavy atom. The lowest BCUT2D eigenvalue weighted by Gasteiger charge is -2.35. The van der Waals surface area contributed by atoms with Crippen molar-refractivity contribution in [3.63, 3.8) is 0 Å². The van der Waals surface area contributed by atoms with E-state index in [1.54, 1.807) is 23.1 Å². The van der Waals surface area contributed by atoms with Crippen LogP contribution in [0.2, 0.25) is 0 Å². The van der Waals surface area contributed by atoms with Gasteiger partial charge in [-0.25, -0.2) is 0 Å². The molecule has 2 atom stereocenters.